The third kappa shape index (κ3) is 4.53. The summed E-state index contributed by atoms with van der Waals surface area (Å²) in [5, 5.41) is 7.14. The minimum atomic E-state index is -0.107. The molecule has 10 heteroatoms. The Bertz CT molecular complexity index is 1050. The first-order valence-electron chi connectivity index (χ1n) is 9.98. The SMILES string of the molecule is Cc1cc(=O)n(CCNC(=O)C2CCN(c3cc(-n4cccn4)ncn3)CC2)cn1. The summed E-state index contributed by atoms with van der Waals surface area (Å²) < 4.78 is 3.20. The van der Waals surface area contributed by atoms with Crippen LogP contribution in [0, 0.1) is 12.8 Å². The summed E-state index contributed by atoms with van der Waals surface area (Å²) in [7, 11) is 0. The third-order valence-electron chi connectivity index (χ3n) is 5.24. The van der Waals surface area contributed by atoms with Crippen LogP contribution < -0.4 is 15.8 Å². The molecule has 1 N–H and O–H groups in total. The predicted octanol–water partition coefficient (Wildman–Crippen LogP) is 0.560. The second-order valence-corrected chi connectivity index (χ2v) is 7.30. The lowest BCUT2D eigenvalue weighted by Gasteiger charge is -2.32. The fraction of sp³-hybridized carbons (Fsp3) is 0.400. The number of nitrogens with one attached hydrogen (secondary N) is 1. The fourth-order valence-corrected chi connectivity index (χ4v) is 3.54. The molecule has 4 rings (SSSR count). The molecule has 0 bridgehead atoms. The van der Waals surface area contributed by atoms with Crippen LogP contribution in [0.5, 0.6) is 0 Å². The van der Waals surface area contributed by atoms with Gasteiger partial charge in [0.15, 0.2) is 5.82 Å². The van der Waals surface area contributed by atoms with Gasteiger partial charge in [-0.3, -0.25) is 14.2 Å². The highest BCUT2D eigenvalue weighted by molar-refractivity contribution is 5.78. The summed E-state index contributed by atoms with van der Waals surface area (Å²) >= 11 is 0. The standard InChI is InChI=1S/C20H24N8O2/c1-15-11-19(29)27(14-24-15)10-6-21-20(30)16-3-8-26(9-4-16)17-12-18(23-13-22-17)28-7-2-5-25-28/h2,5,7,11-14,16H,3-4,6,8-10H2,1H3,(H,21,30). The minimum absolute atomic E-state index is 0.0303. The first kappa shape index (κ1) is 19.7. The molecule has 0 radical (unpaired) electrons. The van der Waals surface area contributed by atoms with Gasteiger partial charge in [-0.15, -0.1) is 0 Å². The second-order valence-electron chi connectivity index (χ2n) is 7.30. The normalized spacial score (nSPS) is 14.6. The maximum atomic E-state index is 12.5. The predicted molar refractivity (Wildman–Crippen MR) is 110 cm³/mol. The number of aromatic nitrogens is 6. The van der Waals surface area contributed by atoms with E-state index in [4.69, 9.17) is 0 Å². The summed E-state index contributed by atoms with van der Waals surface area (Å²) in [5.74, 6) is 1.54. The lowest BCUT2D eigenvalue weighted by atomic mass is 9.96. The summed E-state index contributed by atoms with van der Waals surface area (Å²) in [6, 6.07) is 5.24. The van der Waals surface area contributed by atoms with Gasteiger partial charge >= 0.3 is 0 Å². The van der Waals surface area contributed by atoms with Crippen LogP contribution in [0.15, 0.2) is 48.0 Å². The molecule has 1 fully saturated rings. The molecule has 1 aliphatic heterocycles. The molecule has 10 nitrogen and oxygen atoms in total. The molecule has 1 amide bonds. The Hall–Kier alpha value is -3.56. The van der Waals surface area contributed by atoms with Gasteiger partial charge in [0.25, 0.3) is 5.56 Å². The van der Waals surface area contributed by atoms with Crippen LogP contribution in [0.3, 0.4) is 0 Å². The number of aryl methyl sites for hydroxylation is 1. The Morgan fingerprint density at radius 3 is 2.70 bits per heavy atom. The van der Waals surface area contributed by atoms with Crippen molar-refractivity contribution in [1.29, 1.82) is 0 Å². The highest BCUT2D eigenvalue weighted by atomic mass is 16.2. The van der Waals surface area contributed by atoms with Crippen molar-refractivity contribution in [2.24, 2.45) is 5.92 Å². The van der Waals surface area contributed by atoms with Crippen LogP contribution in [-0.4, -0.2) is 54.8 Å². The number of anilines is 1. The molecule has 1 saturated heterocycles. The van der Waals surface area contributed by atoms with Crippen molar-refractivity contribution in [2.75, 3.05) is 24.5 Å². The van der Waals surface area contributed by atoms with Gasteiger partial charge in [-0.25, -0.2) is 19.6 Å². The highest BCUT2D eigenvalue weighted by Crippen LogP contribution is 2.22. The molecule has 0 spiro atoms. The van der Waals surface area contributed by atoms with Crippen molar-refractivity contribution in [2.45, 2.75) is 26.3 Å². The monoisotopic (exact) mass is 408 g/mol. The lowest BCUT2D eigenvalue weighted by Crippen LogP contribution is -2.42. The first-order valence-corrected chi connectivity index (χ1v) is 9.98. The topological polar surface area (TPSA) is 111 Å². The third-order valence-corrected chi connectivity index (χ3v) is 5.24. The molecule has 0 saturated carbocycles. The Morgan fingerprint density at radius 2 is 1.97 bits per heavy atom. The van der Waals surface area contributed by atoms with Gasteiger partial charge < -0.3 is 10.2 Å². The molecule has 3 aromatic heterocycles. The maximum Gasteiger partial charge on any atom is 0.253 e. The molecule has 4 heterocycles. The van der Waals surface area contributed by atoms with Gasteiger partial charge in [-0.2, -0.15) is 5.10 Å². The van der Waals surface area contributed by atoms with Crippen molar-refractivity contribution in [3.05, 3.63) is 59.3 Å². The molecule has 1 aliphatic rings. The largest absolute Gasteiger partial charge is 0.356 e. The van der Waals surface area contributed by atoms with Gasteiger partial charge in [-0.1, -0.05) is 0 Å². The van der Waals surface area contributed by atoms with E-state index < -0.39 is 0 Å². The first-order chi connectivity index (χ1) is 14.6. The molecular formula is C20H24N8O2. The smallest absolute Gasteiger partial charge is 0.253 e. The molecule has 0 aromatic carbocycles. The molecule has 0 aliphatic carbocycles. The van der Waals surface area contributed by atoms with E-state index in [0.717, 1.165) is 31.7 Å². The minimum Gasteiger partial charge on any atom is -0.356 e. The van der Waals surface area contributed by atoms with Gasteiger partial charge in [0.05, 0.1) is 6.33 Å². The van der Waals surface area contributed by atoms with E-state index in [9.17, 15) is 9.59 Å². The van der Waals surface area contributed by atoms with E-state index >= 15 is 0 Å². The number of piperidine rings is 1. The number of rotatable bonds is 6. The number of carbonyl (C=O) groups excluding carboxylic acids is 1. The average Bonchev–Trinajstić information content (AvgIpc) is 3.30. The molecule has 30 heavy (non-hydrogen) atoms. The Morgan fingerprint density at radius 1 is 1.17 bits per heavy atom. The molecule has 0 unspecified atom stereocenters. The van der Waals surface area contributed by atoms with Gasteiger partial charge in [0.1, 0.15) is 12.1 Å². The van der Waals surface area contributed by atoms with Crippen LogP contribution in [0.1, 0.15) is 18.5 Å². The summed E-state index contributed by atoms with van der Waals surface area (Å²) in [6.07, 6.45) is 8.09. The lowest BCUT2D eigenvalue weighted by molar-refractivity contribution is -0.125. The zero-order valence-corrected chi connectivity index (χ0v) is 16.8. The van der Waals surface area contributed by atoms with Gasteiger partial charge in [-0.05, 0) is 25.8 Å². The zero-order chi connectivity index (χ0) is 20.9. The molecule has 3 aromatic rings. The molecule has 156 valence electrons. The number of amides is 1. The number of nitrogens with zero attached hydrogens (tertiary/aromatic N) is 7. The van der Waals surface area contributed by atoms with E-state index in [-0.39, 0.29) is 17.4 Å². The van der Waals surface area contributed by atoms with Crippen LogP contribution in [-0.2, 0) is 11.3 Å². The molecular weight excluding hydrogens is 384 g/mol. The van der Waals surface area contributed by atoms with Gasteiger partial charge in [0.2, 0.25) is 5.91 Å². The number of hydrogen-bond acceptors (Lipinski definition) is 7. The van der Waals surface area contributed by atoms with Crippen molar-refractivity contribution >= 4 is 11.7 Å². The Kier molecular flexibility index (Phi) is 5.82. The van der Waals surface area contributed by atoms with Crippen LogP contribution in [0.4, 0.5) is 5.82 Å². The van der Waals surface area contributed by atoms with Crippen molar-refractivity contribution in [3.8, 4) is 5.82 Å². The van der Waals surface area contributed by atoms with Crippen molar-refractivity contribution in [3.63, 3.8) is 0 Å². The van der Waals surface area contributed by atoms with E-state index in [0.29, 0.717) is 24.6 Å². The van der Waals surface area contributed by atoms with E-state index in [2.05, 4.69) is 30.3 Å². The quantitative estimate of drug-likeness (QED) is 0.634. The van der Waals surface area contributed by atoms with Gasteiger partial charge in [0, 0.05) is 62.3 Å². The average molecular weight is 408 g/mol. The number of carbonyl (C=O) groups is 1. The van der Waals surface area contributed by atoms with Crippen LogP contribution in [0.2, 0.25) is 0 Å². The van der Waals surface area contributed by atoms with E-state index in [1.54, 1.807) is 17.8 Å². The summed E-state index contributed by atoms with van der Waals surface area (Å²) in [4.78, 5) is 39.3. The van der Waals surface area contributed by atoms with E-state index in [1.807, 2.05) is 18.3 Å². The van der Waals surface area contributed by atoms with Crippen molar-refractivity contribution in [1.82, 2.24) is 34.6 Å². The summed E-state index contributed by atoms with van der Waals surface area (Å²) in [5.41, 5.74) is 0.580. The molecule has 0 atom stereocenters. The van der Waals surface area contributed by atoms with Crippen LogP contribution >= 0.6 is 0 Å². The number of hydrogen-bond donors (Lipinski definition) is 1. The zero-order valence-electron chi connectivity index (χ0n) is 16.8. The van der Waals surface area contributed by atoms with E-state index in [1.165, 1.54) is 23.3 Å². The second kappa shape index (κ2) is 8.85. The highest BCUT2D eigenvalue weighted by Gasteiger charge is 2.25. The Labute approximate surface area is 173 Å². The van der Waals surface area contributed by atoms with Crippen LogP contribution in [0.25, 0.3) is 5.82 Å². The fourth-order valence-electron chi connectivity index (χ4n) is 3.54. The van der Waals surface area contributed by atoms with Crippen molar-refractivity contribution < 1.29 is 4.79 Å². The maximum absolute atomic E-state index is 12.5. The summed E-state index contributed by atoms with van der Waals surface area (Å²) in [6.45, 7) is 4.08. The Balaban J connectivity index is 1.27.